The summed E-state index contributed by atoms with van der Waals surface area (Å²) in [5, 5.41) is 4.07. The van der Waals surface area contributed by atoms with Gasteiger partial charge in [-0.1, -0.05) is 0 Å². The Morgan fingerprint density at radius 3 is 2.50 bits per heavy atom. The van der Waals surface area contributed by atoms with Crippen molar-refractivity contribution in [1.29, 1.82) is 0 Å². The highest BCUT2D eigenvalue weighted by atomic mass is 19.2. The summed E-state index contributed by atoms with van der Waals surface area (Å²) < 4.78 is 50.9. The summed E-state index contributed by atoms with van der Waals surface area (Å²) in [6, 6.07) is 2.57. The number of halogens is 3. The third kappa shape index (κ3) is 5.96. The minimum absolute atomic E-state index is 0.155. The Bertz CT molecular complexity index is 892. The van der Waals surface area contributed by atoms with E-state index in [1.165, 1.54) is 17.5 Å². The summed E-state index contributed by atoms with van der Waals surface area (Å²) in [6.07, 6.45) is 1.14. The van der Waals surface area contributed by atoms with Crippen molar-refractivity contribution in [2.45, 2.75) is 38.9 Å². The average Bonchev–Trinajstić information content (AvgIpc) is 2.67. The summed E-state index contributed by atoms with van der Waals surface area (Å²) in [7, 11) is 0. The van der Waals surface area contributed by atoms with Gasteiger partial charge in [-0.25, -0.2) is 27.9 Å². The van der Waals surface area contributed by atoms with Gasteiger partial charge in [-0.15, -0.1) is 5.06 Å². The number of nitrogens with zero attached hydrogens (tertiary/aromatic N) is 3. The van der Waals surface area contributed by atoms with Crippen LogP contribution in [0.4, 0.5) is 29.5 Å². The zero-order valence-corrected chi connectivity index (χ0v) is 16.4. The normalized spacial score (nSPS) is 15.1. The number of carbonyl (C=O) groups is 1. The molecule has 0 aliphatic carbocycles. The van der Waals surface area contributed by atoms with Gasteiger partial charge in [0.25, 0.3) is 0 Å². The zero-order valence-electron chi connectivity index (χ0n) is 16.4. The van der Waals surface area contributed by atoms with Gasteiger partial charge in [-0.2, -0.15) is 0 Å². The van der Waals surface area contributed by atoms with Crippen molar-refractivity contribution in [3.63, 3.8) is 0 Å². The maximum Gasteiger partial charge on any atom is 0.528 e. The third-order valence-corrected chi connectivity index (χ3v) is 4.14. The number of hydroxylamine groups is 2. The molecule has 1 aliphatic heterocycles. The summed E-state index contributed by atoms with van der Waals surface area (Å²) >= 11 is 0. The molecule has 0 radical (unpaired) electrons. The zero-order chi connectivity index (χ0) is 21.7. The van der Waals surface area contributed by atoms with Crippen LogP contribution in [0.25, 0.3) is 0 Å². The maximum atomic E-state index is 13.8. The minimum Gasteiger partial charge on any atom is -0.474 e. The van der Waals surface area contributed by atoms with Crippen molar-refractivity contribution in [3.05, 3.63) is 42.0 Å². The summed E-state index contributed by atoms with van der Waals surface area (Å²) in [4.78, 5) is 24.6. The minimum atomic E-state index is -1.28. The first kappa shape index (κ1) is 21.6. The van der Waals surface area contributed by atoms with Gasteiger partial charge in [0, 0.05) is 44.1 Å². The van der Waals surface area contributed by atoms with Gasteiger partial charge >= 0.3 is 6.16 Å². The number of nitrogens with one attached hydrogen (secondary N) is 1. The van der Waals surface area contributed by atoms with Gasteiger partial charge in [0.2, 0.25) is 5.88 Å². The highest BCUT2D eigenvalue weighted by Crippen LogP contribution is 2.24. The van der Waals surface area contributed by atoms with E-state index in [9.17, 15) is 18.0 Å². The van der Waals surface area contributed by atoms with Gasteiger partial charge in [-0.05, 0) is 13.8 Å². The molecule has 3 rings (SSSR count). The van der Waals surface area contributed by atoms with Crippen LogP contribution in [0.15, 0.2) is 24.5 Å². The largest absolute Gasteiger partial charge is 0.528 e. The SMILES string of the molecule is CC(C)OC(=O)ON1CCC(Oc2cc(Nc3cc(F)c(F)cc3F)ncn2)CC1. The van der Waals surface area contributed by atoms with Gasteiger partial charge in [0.15, 0.2) is 11.6 Å². The second-order valence-electron chi connectivity index (χ2n) is 6.87. The molecular formula is C19H21F3N4O4. The molecule has 1 N–H and O–H groups in total. The molecular weight excluding hydrogens is 405 g/mol. The fourth-order valence-electron chi connectivity index (χ4n) is 2.76. The number of carbonyl (C=O) groups excluding carboxylic acids is 1. The second kappa shape index (κ2) is 9.61. The van der Waals surface area contributed by atoms with Crippen molar-refractivity contribution < 1.29 is 32.3 Å². The van der Waals surface area contributed by atoms with E-state index in [0.29, 0.717) is 38.1 Å². The lowest BCUT2D eigenvalue weighted by molar-refractivity contribution is -0.151. The van der Waals surface area contributed by atoms with E-state index in [1.54, 1.807) is 13.8 Å². The Labute approximate surface area is 170 Å². The van der Waals surface area contributed by atoms with Crippen LogP contribution in [-0.4, -0.2) is 46.5 Å². The van der Waals surface area contributed by atoms with Gasteiger partial charge in [0.05, 0.1) is 11.8 Å². The molecule has 0 saturated carbocycles. The van der Waals surface area contributed by atoms with E-state index in [1.807, 2.05) is 0 Å². The molecule has 1 fully saturated rings. The van der Waals surface area contributed by atoms with Crippen LogP contribution in [-0.2, 0) is 9.57 Å². The van der Waals surface area contributed by atoms with Gasteiger partial charge < -0.3 is 19.6 Å². The van der Waals surface area contributed by atoms with Crippen LogP contribution in [0.5, 0.6) is 5.88 Å². The number of rotatable bonds is 6. The van der Waals surface area contributed by atoms with Gasteiger partial charge in [0.1, 0.15) is 24.1 Å². The van der Waals surface area contributed by atoms with E-state index in [-0.39, 0.29) is 29.6 Å². The van der Waals surface area contributed by atoms with Crippen molar-refractivity contribution in [2.24, 2.45) is 0 Å². The van der Waals surface area contributed by atoms with E-state index in [2.05, 4.69) is 15.3 Å². The maximum absolute atomic E-state index is 13.8. The standard InChI is InChI=1S/C19H21F3N4O4/c1-11(2)28-19(27)30-26-5-3-12(4-6-26)29-18-9-17(23-10-24-18)25-16-8-14(21)13(20)7-15(16)22/h7-12H,3-6H2,1-2H3,(H,23,24,25). The van der Waals surface area contributed by atoms with Crippen LogP contribution >= 0.6 is 0 Å². The highest BCUT2D eigenvalue weighted by molar-refractivity contribution is 5.59. The quantitative estimate of drug-likeness (QED) is 0.549. The number of aromatic nitrogens is 2. The molecule has 0 bridgehead atoms. The Balaban J connectivity index is 1.54. The van der Waals surface area contributed by atoms with E-state index in [4.69, 9.17) is 14.3 Å². The van der Waals surface area contributed by atoms with Crippen molar-refractivity contribution >= 4 is 17.7 Å². The molecule has 30 heavy (non-hydrogen) atoms. The number of hydrogen-bond donors (Lipinski definition) is 1. The fraction of sp³-hybridized carbons (Fsp3) is 0.421. The smallest absolute Gasteiger partial charge is 0.474 e. The first-order valence-electron chi connectivity index (χ1n) is 9.34. The van der Waals surface area contributed by atoms with Crippen LogP contribution in [0.3, 0.4) is 0 Å². The molecule has 1 saturated heterocycles. The van der Waals surface area contributed by atoms with Crippen LogP contribution in [0, 0.1) is 17.5 Å². The van der Waals surface area contributed by atoms with Crippen molar-refractivity contribution in [3.8, 4) is 5.88 Å². The van der Waals surface area contributed by atoms with E-state index in [0.717, 1.165) is 0 Å². The van der Waals surface area contributed by atoms with Crippen LogP contribution in [0.1, 0.15) is 26.7 Å². The van der Waals surface area contributed by atoms with E-state index < -0.39 is 23.6 Å². The molecule has 0 atom stereocenters. The summed E-state index contributed by atoms with van der Waals surface area (Å²) in [5.41, 5.74) is -0.266. The number of ether oxygens (including phenoxy) is 2. The summed E-state index contributed by atoms with van der Waals surface area (Å²) in [6.45, 7) is 4.36. The lowest BCUT2D eigenvalue weighted by atomic mass is 10.1. The molecule has 0 spiro atoms. The lowest BCUT2D eigenvalue weighted by Crippen LogP contribution is -2.40. The Hall–Kier alpha value is -3.08. The molecule has 162 valence electrons. The fourth-order valence-corrected chi connectivity index (χ4v) is 2.76. The summed E-state index contributed by atoms with van der Waals surface area (Å²) in [5.74, 6) is -3.04. The molecule has 11 heteroatoms. The molecule has 0 unspecified atom stereocenters. The predicted molar refractivity (Wildman–Crippen MR) is 99.6 cm³/mol. The number of anilines is 2. The molecule has 2 aromatic rings. The first-order valence-corrected chi connectivity index (χ1v) is 9.34. The number of hydrogen-bond acceptors (Lipinski definition) is 8. The Kier molecular flexibility index (Phi) is 6.93. The third-order valence-electron chi connectivity index (χ3n) is 4.14. The molecule has 8 nitrogen and oxygen atoms in total. The molecule has 1 aromatic carbocycles. The lowest BCUT2D eigenvalue weighted by Gasteiger charge is -2.30. The molecule has 1 aromatic heterocycles. The van der Waals surface area contributed by atoms with Crippen molar-refractivity contribution in [2.75, 3.05) is 18.4 Å². The van der Waals surface area contributed by atoms with Crippen LogP contribution in [0.2, 0.25) is 0 Å². The highest BCUT2D eigenvalue weighted by Gasteiger charge is 2.24. The Morgan fingerprint density at radius 1 is 1.10 bits per heavy atom. The topological polar surface area (TPSA) is 85.8 Å². The second-order valence-corrected chi connectivity index (χ2v) is 6.87. The molecule has 0 amide bonds. The number of piperidine rings is 1. The number of benzene rings is 1. The monoisotopic (exact) mass is 426 g/mol. The Morgan fingerprint density at radius 2 is 1.80 bits per heavy atom. The molecule has 1 aliphatic rings. The average molecular weight is 426 g/mol. The van der Waals surface area contributed by atoms with Gasteiger partial charge in [-0.3, -0.25) is 0 Å². The first-order chi connectivity index (χ1) is 14.3. The van der Waals surface area contributed by atoms with E-state index >= 15 is 0 Å². The predicted octanol–water partition coefficient (Wildman–Crippen LogP) is 3.96. The molecule has 2 heterocycles. The van der Waals surface area contributed by atoms with Crippen LogP contribution < -0.4 is 10.1 Å². The van der Waals surface area contributed by atoms with Crippen molar-refractivity contribution in [1.82, 2.24) is 15.0 Å².